The normalized spacial score (nSPS) is 18.0. The van der Waals surface area contributed by atoms with Gasteiger partial charge in [0.1, 0.15) is 24.3 Å². The van der Waals surface area contributed by atoms with Crippen LogP contribution in [0.25, 0.3) is 0 Å². The molecule has 3 rings (SSSR count). The molecular formula is C14H20N6O. The van der Waals surface area contributed by atoms with Crippen LogP contribution in [0, 0.1) is 0 Å². The van der Waals surface area contributed by atoms with Gasteiger partial charge in [-0.1, -0.05) is 0 Å². The zero-order chi connectivity index (χ0) is 14.5. The molecule has 0 aromatic carbocycles. The van der Waals surface area contributed by atoms with E-state index in [0.29, 0.717) is 5.92 Å². The summed E-state index contributed by atoms with van der Waals surface area (Å²) in [5, 5.41) is 11.4. The number of anilines is 1. The molecule has 0 bridgehead atoms. The van der Waals surface area contributed by atoms with Crippen LogP contribution in [0.3, 0.4) is 0 Å². The Bertz CT molecular complexity index is 578. The van der Waals surface area contributed by atoms with Crippen LogP contribution >= 0.6 is 0 Å². The maximum atomic E-state index is 5.41. The van der Waals surface area contributed by atoms with Crippen molar-refractivity contribution in [1.29, 1.82) is 0 Å². The SMILES string of the molecule is CCn1cnnc1CCNc1cc([C@H]2CCOC2)ncn1. The number of ether oxygens (including phenoxy) is 1. The summed E-state index contributed by atoms with van der Waals surface area (Å²) < 4.78 is 7.45. The first-order chi connectivity index (χ1) is 10.4. The van der Waals surface area contributed by atoms with Gasteiger partial charge in [-0.3, -0.25) is 0 Å². The first-order valence-electron chi connectivity index (χ1n) is 7.37. The summed E-state index contributed by atoms with van der Waals surface area (Å²) in [4.78, 5) is 8.62. The molecule has 112 valence electrons. The van der Waals surface area contributed by atoms with E-state index in [1.54, 1.807) is 12.7 Å². The van der Waals surface area contributed by atoms with Gasteiger partial charge in [-0.15, -0.1) is 10.2 Å². The van der Waals surface area contributed by atoms with E-state index in [4.69, 9.17) is 4.74 Å². The molecule has 7 heteroatoms. The molecule has 2 aromatic rings. The summed E-state index contributed by atoms with van der Waals surface area (Å²) >= 11 is 0. The van der Waals surface area contributed by atoms with Gasteiger partial charge in [0.25, 0.3) is 0 Å². The van der Waals surface area contributed by atoms with Gasteiger partial charge in [0.15, 0.2) is 0 Å². The number of nitrogens with one attached hydrogen (secondary N) is 1. The number of aryl methyl sites for hydroxylation is 1. The Kier molecular flexibility index (Phi) is 4.40. The van der Waals surface area contributed by atoms with Gasteiger partial charge in [0.05, 0.1) is 12.3 Å². The highest BCUT2D eigenvalue weighted by molar-refractivity contribution is 5.36. The van der Waals surface area contributed by atoms with Gasteiger partial charge < -0.3 is 14.6 Å². The Balaban J connectivity index is 1.56. The van der Waals surface area contributed by atoms with Gasteiger partial charge in [-0.2, -0.15) is 0 Å². The van der Waals surface area contributed by atoms with E-state index in [1.165, 1.54) is 0 Å². The predicted octanol–water partition coefficient (Wildman–Crippen LogP) is 1.25. The van der Waals surface area contributed by atoms with E-state index in [2.05, 4.69) is 32.4 Å². The molecule has 0 spiro atoms. The summed E-state index contributed by atoms with van der Waals surface area (Å²) in [6.45, 7) is 5.33. The second kappa shape index (κ2) is 6.62. The quantitative estimate of drug-likeness (QED) is 0.862. The predicted molar refractivity (Wildman–Crippen MR) is 78.1 cm³/mol. The highest BCUT2D eigenvalue weighted by Crippen LogP contribution is 2.24. The molecule has 7 nitrogen and oxygen atoms in total. The van der Waals surface area contributed by atoms with Crippen LogP contribution in [0.1, 0.15) is 30.8 Å². The molecule has 1 N–H and O–H groups in total. The fourth-order valence-corrected chi connectivity index (χ4v) is 2.50. The standard InChI is InChI=1S/C14H20N6O/c1-2-20-10-18-19-14(20)3-5-15-13-7-12(16-9-17-13)11-4-6-21-8-11/h7,9-11H,2-6,8H2,1H3,(H,15,16,17)/t11-/m0/s1. The Morgan fingerprint density at radius 3 is 3.19 bits per heavy atom. The molecule has 1 saturated heterocycles. The molecule has 2 aromatic heterocycles. The van der Waals surface area contributed by atoms with Gasteiger partial charge in [-0.05, 0) is 13.3 Å². The molecule has 1 aliphatic heterocycles. The van der Waals surface area contributed by atoms with Gasteiger partial charge in [-0.25, -0.2) is 9.97 Å². The van der Waals surface area contributed by atoms with Crippen molar-refractivity contribution in [2.45, 2.75) is 32.2 Å². The van der Waals surface area contributed by atoms with Crippen LogP contribution in [0.2, 0.25) is 0 Å². The summed E-state index contributed by atoms with van der Waals surface area (Å²) in [6.07, 6.45) is 5.23. The molecule has 21 heavy (non-hydrogen) atoms. The van der Waals surface area contributed by atoms with Crippen LogP contribution in [0.15, 0.2) is 18.7 Å². The third-order valence-corrected chi connectivity index (χ3v) is 3.73. The Labute approximate surface area is 123 Å². The number of hydrogen-bond acceptors (Lipinski definition) is 6. The van der Waals surface area contributed by atoms with E-state index in [9.17, 15) is 0 Å². The maximum Gasteiger partial charge on any atom is 0.134 e. The molecule has 1 atom stereocenters. The fourth-order valence-electron chi connectivity index (χ4n) is 2.50. The van der Waals surface area contributed by atoms with Crippen LogP contribution < -0.4 is 5.32 Å². The number of aromatic nitrogens is 5. The highest BCUT2D eigenvalue weighted by atomic mass is 16.5. The molecular weight excluding hydrogens is 268 g/mol. The van der Waals surface area contributed by atoms with Gasteiger partial charge >= 0.3 is 0 Å². The van der Waals surface area contributed by atoms with E-state index in [-0.39, 0.29) is 0 Å². The lowest BCUT2D eigenvalue weighted by molar-refractivity contribution is 0.193. The number of hydrogen-bond donors (Lipinski definition) is 1. The van der Waals surface area contributed by atoms with Crippen molar-refractivity contribution in [2.75, 3.05) is 25.1 Å². The highest BCUT2D eigenvalue weighted by Gasteiger charge is 2.19. The Morgan fingerprint density at radius 1 is 1.43 bits per heavy atom. The van der Waals surface area contributed by atoms with E-state index in [0.717, 1.165) is 56.5 Å². The zero-order valence-corrected chi connectivity index (χ0v) is 12.2. The van der Waals surface area contributed by atoms with Gasteiger partial charge in [0, 0.05) is 38.1 Å². The molecule has 0 saturated carbocycles. The summed E-state index contributed by atoms with van der Waals surface area (Å²) in [5.74, 6) is 2.25. The summed E-state index contributed by atoms with van der Waals surface area (Å²) in [7, 11) is 0. The number of rotatable bonds is 6. The van der Waals surface area contributed by atoms with E-state index < -0.39 is 0 Å². The lowest BCUT2D eigenvalue weighted by atomic mass is 10.1. The first kappa shape index (κ1) is 13.9. The van der Waals surface area contributed by atoms with E-state index >= 15 is 0 Å². The van der Waals surface area contributed by atoms with Crippen molar-refractivity contribution < 1.29 is 4.74 Å². The van der Waals surface area contributed by atoms with Crippen LogP contribution in [-0.4, -0.2) is 44.5 Å². The van der Waals surface area contributed by atoms with Crippen LogP contribution in [-0.2, 0) is 17.7 Å². The minimum Gasteiger partial charge on any atom is -0.381 e. The lowest BCUT2D eigenvalue weighted by Crippen LogP contribution is -2.11. The average molecular weight is 288 g/mol. The fraction of sp³-hybridized carbons (Fsp3) is 0.571. The second-order valence-corrected chi connectivity index (χ2v) is 5.10. The van der Waals surface area contributed by atoms with Crippen molar-refractivity contribution in [1.82, 2.24) is 24.7 Å². The average Bonchev–Trinajstić information content (AvgIpc) is 3.19. The molecule has 0 aliphatic carbocycles. The topological polar surface area (TPSA) is 77.8 Å². The number of nitrogens with zero attached hydrogens (tertiary/aromatic N) is 5. The third-order valence-electron chi connectivity index (χ3n) is 3.73. The van der Waals surface area contributed by atoms with Crippen molar-refractivity contribution in [3.63, 3.8) is 0 Å². The van der Waals surface area contributed by atoms with Gasteiger partial charge in [0.2, 0.25) is 0 Å². The van der Waals surface area contributed by atoms with Crippen molar-refractivity contribution >= 4 is 5.82 Å². The van der Waals surface area contributed by atoms with Crippen LogP contribution in [0.5, 0.6) is 0 Å². The van der Waals surface area contributed by atoms with Crippen molar-refractivity contribution in [2.24, 2.45) is 0 Å². The molecule has 0 unspecified atom stereocenters. The molecule has 0 radical (unpaired) electrons. The third kappa shape index (κ3) is 3.36. The van der Waals surface area contributed by atoms with Crippen LogP contribution in [0.4, 0.5) is 5.82 Å². The molecule has 3 heterocycles. The summed E-state index contributed by atoms with van der Waals surface area (Å²) in [6, 6.07) is 2.02. The summed E-state index contributed by atoms with van der Waals surface area (Å²) in [5.41, 5.74) is 1.06. The minimum atomic E-state index is 0.400. The van der Waals surface area contributed by atoms with Crippen molar-refractivity contribution in [3.05, 3.63) is 30.2 Å². The monoisotopic (exact) mass is 288 g/mol. The molecule has 0 amide bonds. The minimum absolute atomic E-state index is 0.400. The lowest BCUT2D eigenvalue weighted by Gasteiger charge is -2.10. The smallest absolute Gasteiger partial charge is 0.134 e. The largest absolute Gasteiger partial charge is 0.381 e. The van der Waals surface area contributed by atoms with E-state index in [1.807, 2.05) is 10.6 Å². The first-order valence-corrected chi connectivity index (χ1v) is 7.37. The second-order valence-electron chi connectivity index (χ2n) is 5.10. The zero-order valence-electron chi connectivity index (χ0n) is 12.2. The Morgan fingerprint density at radius 2 is 2.38 bits per heavy atom. The molecule has 1 fully saturated rings. The molecule has 1 aliphatic rings. The maximum absolute atomic E-state index is 5.41. The Hall–Kier alpha value is -2.02. The van der Waals surface area contributed by atoms with Crippen molar-refractivity contribution in [3.8, 4) is 0 Å².